The number of amides is 1. The minimum atomic E-state index is -0.190. The van der Waals surface area contributed by atoms with Gasteiger partial charge in [0.1, 0.15) is 5.69 Å². The molecule has 186 valence electrons. The first-order valence-electron chi connectivity index (χ1n) is 12.4. The number of pyridine rings is 3. The van der Waals surface area contributed by atoms with E-state index in [1.165, 1.54) is 0 Å². The van der Waals surface area contributed by atoms with Gasteiger partial charge >= 0.3 is 0 Å². The Labute approximate surface area is 222 Å². The molecule has 5 heterocycles. The molecule has 0 bridgehead atoms. The van der Waals surface area contributed by atoms with Gasteiger partial charge in [0.15, 0.2) is 5.65 Å². The van der Waals surface area contributed by atoms with Crippen molar-refractivity contribution >= 4 is 33.5 Å². The second kappa shape index (κ2) is 9.35. The molecule has 0 saturated heterocycles. The van der Waals surface area contributed by atoms with Crippen molar-refractivity contribution in [1.82, 2.24) is 30.1 Å². The molecule has 0 atom stereocenters. The Bertz CT molecular complexity index is 1960. The Kier molecular flexibility index (Phi) is 5.41. The first-order valence-corrected chi connectivity index (χ1v) is 12.4. The average molecular weight is 508 g/mol. The van der Waals surface area contributed by atoms with Gasteiger partial charge in [0.05, 0.1) is 17.6 Å². The average Bonchev–Trinajstić information content (AvgIpc) is 3.62. The van der Waals surface area contributed by atoms with Crippen molar-refractivity contribution < 1.29 is 4.79 Å². The van der Waals surface area contributed by atoms with Crippen LogP contribution in [-0.4, -0.2) is 36.0 Å². The lowest BCUT2D eigenvalue weighted by Gasteiger charge is -2.07. The Balaban J connectivity index is 1.25. The molecule has 8 nitrogen and oxygen atoms in total. The maximum Gasteiger partial charge on any atom is 0.255 e. The van der Waals surface area contributed by atoms with E-state index >= 15 is 0 Å². The van der Waals surface area contributed by atoms with Crippen molar-refractivity contribution in [2.24, 2.45) is 0 Å². The minimum Gasteiger partial charge on any atom is -0.353 e. The maximum absolute atomic E-state index is 12.6. The number of carbonyl (C=O) groups excluding carboxylic acids is 1. The molecule has 0 saturated carbocycles. The molecule has 0 unspecified atom stereocenters. The van der Waals surface area contributed by atoms with Crippen molar-refractivity contribution in [2.45, 2.75) is 0 Å². The highest BCUT2D eigenvalue weighted by molar-refractivity contribution is 6.04. The molecule has 0 aliphatic heterocycles. The molecular formula is C31H21N7O. The van der Waals surface area contributed by atoms with Crippen LogP contribution in [0.3, 0.4) is 0 Å². The monoisotopic (exact) mass is 507 g/mol. The predicted molar refractivity (Wildman–Crippen MR) is 152 cm³/mol. The smallest absolute Gasteiger partial charge is 0.255 e. The van der Waals surface area contributed by atoms with Gasteiger partial charge in [-0.2, -0.15) is 5.10 Å². The van der Waals surface area contributed by atoms with Crippen LogP contribution >= 0.6 is 0 Å². The third kappa shape index (κ3) is 4.19. The first-order chi connectivity index (χ1) is 19.2. The molecule has 0 aliphatic rings. The molecule has 0 radical (unpaired) electrons. The van der Waals surface area contributed by atoms with Crippen molar-refractivity contribution in [1.29, 1.82) is 0 Å². The van der Waals surface area contributed by atoms with Gasteiger partial charge < -0.3 is 10.3 Å². The van der Waals surface area contributed by atoms with Crippen molar-refractivity contribution in [3.05, 3.63) is 115 Å². The van der Waals surface area contributed by atoms with Crippen LogP contribution in [0.4, 0.5) is 5.69 Å². The summed E-state index contributed by atoms with van der Waals surface area (Å²) in [5.41, 5.74) is 8.38. The highest BCUT2D eigenvalue weighted by atomic mass is 16.1. The molecule has 0 fully saturated rings. The van der Waals surface area contributed by atoms with E-state index in [2.05, 4.69) is 59.7 Å². The highest BCUT2D eigenvalue weighted by Crippen LogP contribution is 2.34. The number of hydrogen-bond donors (Lipinski definition) is 3. The van der Waals surface area contributed by atoms with Gasteiger partial charge in [-0.3, -0.25) is 19.9 Å². The van der Waals surface area contributed by atoms with Gasteiger partial charge in [-0.15, -0.1) is 0 Å². The lowest BCUT2D eigenvalue weighted by Crippen LogP contribution is -2.11. The number of nitrogens with one attached hydrogen (secondary N) is 3. The molecule has 3 N–H and O–H groups in total. The maximum atomic E-state index is 12.6. The summed E-state index contributed by atoms with van der Waals surface area (Å²) in [5, 5.41) is 12.5. The lowest BCUT2D eigenvalue weighted by molar-refractivity contribution is 0.102. The van der Waals surface area contributed by atoms with Crippen LogP contribution in [0.2, 0.25) is 0 Å². The molecule has 7 aromatic rings. The zero-order chi connectivity index (χ0) is 26.2. The number of rotatable bonds is 5. The van der Waals surface area contributed by atoms with Crippen molar-refractivity contribution in [2.75, 3.05) is 5.32 Å². The predicted octanol–water partition coefficient (Wildman–Crippen LogP) is 6.48. The Morgan fingerprint density at radius 2 is 1.62 bits per heavy atom. The largest absolute Gasteiger partial charge is 0.353 e. The van der Waals surface area contributed by atoms with E-state index in [4.69, 9.17) is 0 Å². The van der Waals surface area contributed by atoms with Crippen LogP contribution in [0.5, 0.6) is 0 Å². The zero-order valence-corrected chi connectivity index (χ0v) is 20.6. The Morgan fingerprint density at radius 1 is 0.744 bits per heavy atom. The number of aromatic amines is 2. The number of benzene rings is 2. The van der Waals surface area contributed by atoms with E-state index in [0.29, 0.717) is 16.9 Å². The molecule has 0 spiro atoms. The summed E-state index contributed by atoms with van der Waals surface area (Å²) >= 11 is 0. The number of carbonyl (C=O) groups is 1. The SMILES string of the molecule is O=C(Nc1cncc(-c2cnc3[nH]nc(-c4cc5c(-c6cccnc6)cccc5[nH]4)c3c2)c1)c1ccccc1. The quantitative estimate of drug-likeness (QED) is 0.247. The second-order valence-corrected chi connectivity index (χ2v) is 9.17. The van der Waals surface area contributed by atoms with Crippen LogP contribution in [-0.2, 0) is 0 Å². The molecule has 2 aromatic carbocycles. The van der Waals surface area contributed by atoms with Gasteiger partial charge in [0.2, 0.25) is 0 Å². The summed E-state index contributed by atoms with van der Waals surface area (Å²) in [4.78, 5) is 29.4. The van der Waals surface area contributed by atoms with Crippen LogP contribution in [0.1, 0.15) is 10.4 Å². The minimum absolute atomic E-state index is 0.190. The molecule has 1 amide bonds. The molecular weight excluding hydrogens is 486 g/mol. The molecule has 7 rings (SSSR count). The van der Waals surface area contributed by atoms with Gasteiger partial charge in [-0.1, -0.05) is 36.4 Å². The zero-order valence-electron chi connectivity index (χ0n) is 20.6. The van der Waals surface area contributed by atoms with Crippen LogP contribution < -0.4 is 5.32 Å². The molecule has 5 aromatic heterocycles. The van der Waals surface area contributed by atoms with E-state index in [-0.39, 0.29) is 5.91 Å². The Morgan fingerprint density at radius 3 is 2.49 bits per heavy atom. The van der Waals surface area contributed by atoms with Crippen molar-refractivity contribution in [3.8, 4) is 33.6 Å². The number of aromatic nitrogens is 6. The van der Waals surface area contributed by atoms with E-state index in [1.807, 2.05) is 48.7 Å². The van der Waals surface area contributed by atoms with Crippen molar-refractivity contribution in [3.63, 3.8) is 0 Å². The third-order valence-electron chi connectivity index (χ3n) is 6.67. The number of H-pyrrole nitrogens is 2. The van der Waals surface area contributed by atoms with E-state index in [9.17, 15) is 4.79 Å². The fourth-order valence-corrected chi connectivity index (χ4v) is 4.78. The summed E-state index contributed by atoms with van der Waals surface area (Å²) < 4.78 is 0. The van der Waals surface area contributed by atoms with E-state index < -0.39 is 0 Å². The fourth-order valence-electron chi connectivity index (χ4n) is 4.78. The summed E-state index contributed by atoms with van der Waals surface area (Å²) in [7, 11) is 0. The molecule has 0 aliphatic carbocycles. The van der Waals surface area contributed by atoms with E-state index in [1.54, 1.807) is 36.9 Å². The van der Waals surface area contributed by atoms with Gasteiger partial charge in [0.25, 0.3) is 5.91 Å². The van der Waals surface area contributed by atoms with Gasteiger partial charge in [-0.25, -0.2) is 4.98 Å². The van der Waals surface area contributed by atoms with Crippen LogP contribution in [0, 0.1) is 0 Å². The standard InChI is InChI=1S/C31H21N7O/c39-31(19-6-2-1-3-7-19)35-23-12-21(16-33-18-23)22-13-26-29(37-38-30(26)34-17-22)28-14-25-24(9-4-10-27(25)36-28)20-8-5-11-32-15-20/h1-18,36H,(H,35,39)(H,34,37,38). The summed E-state index contributed by atoms with van der Waals surface area (Å²) in [6, 6.07) is 25.3. The number of nitrogens with zero attached hydrogens (tertiary/aromatic N) is 4. The summed E-state index contributed by atoms with van der Waals surface area (Å²) in [6.07, 6.45) is 8.80. The van der Waals surface area contributed by atoms with E-state index in [0.717, 1.165) is 49.9 Å². The normalized spacial score (nSPS) is 11.2. The molecule has 39 heavy (non-hydrogen) atoms. The summed E-state index contributed by atoms with van der Waals surface area (Å²) in [5.74, 6) is -0.190. The first kappa shape index (κ1) is 22.6. The van der Waals surface area contributed by atoms with Gasteiger partial charge in [0, 0.05) is 63.3 Å². The molecule has 8 heteroatoms. The number of fused-ring (bicyclic) bond motifs is 2. The third-order valence-corrected chi connectivity index (χ3v) is 6.67. The Hall–Kier alpha value is -5.63. The highest BCUT2D eigenvalue weighted by Gasteiger charge is 2.15. The van der Waals surface area contributed by atoms with Crippen LogP contribution in [0.15, 0.2) is 110 Å². The number of anilines is 1. The van der Waals surface area contributed by atoms with Crippen LogP contribution in [0.25, 0.3) is 55.6 Å². The lowest BCUT2D eigenvalue weighted by atomic mass is 10.0. The summed E-state index contributed by atoms with van der Waals surface area (Å²) in [6.45, 7) is 0. The topological polar surface area (TPSA) is 112 Å². The fraction of sp³-hybridized carbons (Fsp3) is 0. The number of hydrogen-bond acceptors (Lipinski definition) is 5. The van der Waals surface area contributed by atoms with Gasteiger partial charge in [-0.05, 0) is 48.0 Å². The second-order valence-electron chi connectivity index (χ2n) is 9.17.